The molecule has 1 saturated carbocycles. The van der Waals surface area contributed by atoms with Gasteiger partial charge in [-0.25, -0.2) is 4.39 Å². The maximum absolute atomic E-state index is 15.1. The highest BCUT2D eigenvalue weighted by Gasteiger charge is 2.64. The lowest BCUT2D eigenvalue weighted by molar-refractivity contribution is -0.164. The molecule has 3 saturated heterocycles. The molecule has 3 aliphatic heterocycles. The van der Waals surface area contributed by atoms with Crippen LogP contribution in [0.25, 0.3) is 0 Å². The summed E-state index contributed by atoms with van der Waals surface area (Å²) in [5.41, 5.74) is 1.99. The Balaban J connectivity index is 0.842. The number of piperidine rings is 2. The lowest BCUT2D eigenvalue weighted by atomic mass is 9.49. The molecule has 14 heteroatoms. The van der Waals surface area contributed by atoms with Gasteiger partial charge in [0.1, 0.15) is 29.8 Å². The molecule has 3 N–H and O–H groups in total. The van der Waals surface area contributed by atoms with Crippen LogP contribution in [-0.4, -0.2) is 92.5 Å². The molecule has 3 heterocycles. The van der Waals surface area contributed by atoms with Gasteiger partial charge in [0.15, 0.2) is 0 Å². The first-order chi connectivity index (χ1) is 27.6. The normalized spacial score (nSPS) is 23.3. The second kappa shape index (κ2) is 16.6. The number of rotatable bonds is 10. The minimum atomic E-state index is -0.864. The molecule has 1 unspecified atom stereocenters. The number of benzene rings is 3. The second-order valence-electron chi connectivity index (χ2n) is 17.2. The van der Waals surface area contributed by atoms with Crippen molar-refractivity contribution in [2.75, 3.05) is 55.6 Å². The number of piperazine rings is 1. The number of imide groups is 1. The molecule has 3 aromatic carbocycles. The molecule has 4 fully saturated rings. The molecule has 4 amide bonds. The molecule has 306 valence electrons. The number of hydrogen-bond donors (Lipinski definition) is 3. The van der Waals surface area contributed by atoms with E-state index in [4.69, 9.17) is 16.3 Å². The lowest BCUT2D eigenvalue weighted by Crippen LogP contribution is -2.74. The van der Waals surface area contributed by atoms with Gasteiger partial charge in [0.05, 0.1) is 16.1 Å². The van der Waals surface area contributed by atoms with E-state index in [2.05, 4.69) is 64.4 Å². The minimum absolute atomic E-state index is 0.118. The summed E-state index contributed by atoms with van der Waals surface area (Å²) < 4.78 is 21.5. The topological polar surface area (TPSA) is 147 Å². The zero-order valence-electron chi connectivity index (χ0n) is 33.4. The van der Waals surface area contributed by atoms with Gasteiger partial charge in [-0.1, -0.05) is 39.3 Å². The molecule has 1 aliphatic carbocycles. The predicted molar refractivity (Wildman–Crippen MR) is 219 cm³/mol. The van der Waals surface area contributed by atoms with E-state index in [1.807, 2.05) is 24.3 Å². The standard InChI is InChI=1S/C44H51ClFN7O5/c1-43(2)41(44(3,4)42(43)58-32-11-7-29(25-47)34(45)24-32)50-38(55)28-5-8-30(9-6-28)52-17-15-27(16-18-52)26-51-19-21-53(22-20-51)31-10-12-33(35(46)23-31)39(56)48-36-13-14-37(54)49-40(36)57/h5-12,23-24,27,36,41-42H,13-22,26H2,1-4H3,(H,48,56)(H,50,55)(H,49,54,57). The number of anilines is 2. The van der Waals surface area contributed by atoms with E-state index in [-0.39, 0.29) is 53.2 Å². The first-order valence-electron chi connectivity index (χ1n) is 20.1. The Labute approximate surface area is 344 Å². The summed E-state index contributed by atoms with van der Waals surface area (Å²) in [6.07, 6.45) is 2.27. The smallest absolute Gasteiger partial charge is 0.254 e. The number of carbonyl (C=O) groups is 4. The molecular weight excluding hydrogens is 761 g/mol. The fraction of sp³-hybridized carbons (Fsp3) is 0.477. The van der Waals surface area contributed by atoms with Crippen LogP contribution in [0.15, 0.2) is 60.7 Å². The summed E-state index contributed by atoms with van der Waals surface area (Å²) >= 11 is 6.25. The van der Waals surface area contributed by atoms with Gasteiger partial charge in [-0.2, -0.15) is 5.26 Å². The van der Waals surface area contributed by atoms with Crippen LogP contribution in [0.3, 0.4) is 0 Å². The molecule has 0 aromatic heterocycles. The monoisotopic (exact) mass is 811 g/mol. The van der Waals surface area contributed by atoms with Crippen LogP contribution >= 0.6 is 11.6 Å². The zero-order valence-corrected chi connectivity index (χ0v) is 34.2. The average molecular weight is 812 g/mol. The van der Waals surface area contributed by atoms with Gasteiger partial charge >= 0.3 is 0 Å². The van der Waals surface area contributed by atoms with Gasteiger partial charge in [0.2, 0.25) is 11.8 Å². The number of nitrogens with one attached hydrogen (secondary N) is 3. The Morgan fingerprint density at radius 3 is 2.14 bits per heavy atom. The van der Waals surface area contributed by atoms with Crippen molar-refractivity contribution < 1.29 is 28.3 Å². The van der Waals surface area contributed by atoms with Crippen molar-refractivity contribution in [1.82, 2.24) is 20.9 Å². The highest BCUT2D eigenvalue weighted by Crippen LogP contribution is 2.55. The van der Waals surface area contributed by atoms with Crippen molar-refractivity contribution in [3.63, 3.8) is 0 Å². The molecule has 58 heavy (non-hydrogen) atoms. The molecule has 0 bridgehead atoms. The second-order valence-corrected chi connectivity index (χ2v) is 17.6. The minimum Gasteiger partial charge on any atom is -0.489 e. The lowest BCUT2D eigenvalue weighted by Gasteiger charge is -2.63. The molecule has 0 radical (unpaired) electrons. The van der Waals surface area contributed by atoms with Crippen LogP contribution in [0.1, 0.15) is 79.7 Å². The van der Waals surface area contributed by atoms with E-state index in [9.17, 15) is 24.4 Å². The van der Waals surface area contributed by atoms with E-state index in [0.29, 0.717) is 33.5 Å². The van der Waals surface area contributed by atoms with Crippen LogP contribution in [0.5, 0.6) is 5.75 Å². The first kappa shape index (κ1) is 41.0. The van der Waals surface area contributed by atoms with Gasteiger partial charge in [-0.15, -0.1) is 0 Å². The Hall–Kier alpha value is -5.19. The van der Waals surface area contributed by atoms with Gasteiger partial charge in [-0.05, 0) is 79.8 Å². The van der Waals surface area contributed by atoms with Crippen LogP contribution in [0.4, 0.5) is 15.8 Å². The Morgan fingerprint density at radius 1 is 0.862 bits per heavy atom. The number of nitriles is 1. The molecular formula is C44H51ClFN7O5. The summed E-state index contributed by atoms with van der Waals surface area (Å²) in [6, 6.07) is 18.6. The van der Waals surface area contributed by atoms with Crippen LogP contribution in [0, 0.1) is 33.9 Å². The van der Waals surface area contributed by atoms with Crippen molar-refractivity contribution in [3.05, 3.63) is 88.2 Å². The van der Waals surface area contributed by atoms with Crippen molar-refractivity contribution in [2.24, 2.45) is 16.7 Å². The molecule has 0 spiro atoms. The predicted octanol–water partition coefficient (Wildman–Crippen LogP) is 5.54. The van der Waals surface area contributed by atoms with Gasteiger partial charge in [0, 0.05) is 92.1 Å². The molecule has 3 aromatic rings. The number of carbonyl (C=O) groups excluding carboxylic acids is 4. The van der Waals surface area contributed by atoms with Crippen LogP contribution < -0.4 is 30.5 Å². The molecule has 7 rings (SSSR count). The number of ether oxygens (including phenoxy) is 1. The maximum atomic E-state index is 15.1. The fourth-order valence-corrected chi connectivity index (χ4v) is 9.73. The van der Waals surface area contributed by atoms with Crippen molar-refractivity contribution in [1.29, 1.82) is 5.26 Å². The van der Waals surface area contributed by atoms with Gasteiger partial charge in [0.25, 0.3) is 11.8 Å². The highest BCUT2D eigenvalue weighted by atomic mass is 35.5. The van der Waals surface area contributed by atoms with E-state index in [0.717, 1.165) is 64.3 Å². The number of halogens is 2. The largest absolute Gasteiger partial charge is 0.489 e. The summed E-state index contributed by atoms with van der Waals surface area (Å²) in [5.74, 6) is -1.23. The van der Waals surface area contributed by atoms with Crippen molar-refractivity contribution >= 4 is 46.6 Å². The fourth-order valence-electron chi connectivity index (χ4n) is 9.51. The van der Waals surface area contributed by atoms with Crippen LogP contribution in [-0.2, 0) is 9.59 Å². The SMILES string of the molecule is CC1(C)C(NC(=O)c2ccc(N3CCC(CN4CCN(c5ccc(C(=O)NC6CCC(=O)NC6=O)c(F)c5)CC4)CC3)cc2)C(C)(C)C1Oc1ccc(C#N)c(Cl)c1. The van der Waals surface area contributed by atoms with E-state index in [1.54, 1.807) is 24.3 Å². The number of hydrogen-bond acceptors (Lipinski definition) is 9. The van der Waals surface area contributed by atoms with Crippen LogP contribution in [0.2, 0.25) is 5.02 Å². The van der Waals surface area contributed by atoms with Gasteiger partial charge in [-0.3, -0.25) is 29.4 Å². The highest BCUT2D eigenvalue weighted by molar-refractivity contribution is 6.31. The third-order valence-corrected chi connectivity index (χ3v) is 12.8. The third-order valence-electron chi connectivity index (χ3n) is 12.5. The summed E-state index contributed by atoms with van der Waals surface area (Å²) in [7, 11) is 0. The van der Waals surface area contributed by atoms with Crippen molar-refractivity contribution in [3.8, 4) is 11.8 Å². The van der Waals surface area contributed by atoms with E-state index in [1.165, 1.54) is 12.1 Å². The Bertz CT molecular complexity index is 2090. The zero-order chi connectivity index (χ0) is 41.4. The summed E-state index contributed by atoms with van der Waals surface area (Å²) in [5, 5.41) is 17.6. The molecule has 1 atom stereocenters. The molecule has 4 aliphatic rings. The van der Waals surface area contributed by atoms with Crippen molar-refractivity contribution in [2.45, 2.75) is 71.6 Å². The number of amides is 4. The van der Waals surface area contributed by atoms with E-state index >= 15 is 4.39 Å². The third kappa shape index (κ3) is 8.50. The summed E-state index contributed by atoms with van der Waals surface area (Å²) in [4.78, 5) is 56.6. The van der Waals surface area contributed by atoms with Gasteiger partial charge < -0.3 is 25.2 Å². The Kier molecular flexibility index (Phi) is 11.7. The van der Waals surface area contributed by atoms with E-state index < -0.39 is 23.7 Å². The average Bonchev–Trinajstić information content (AvgIpc) is 3.20. The first-order valence-corrected chi connectivity index (χ1v) is 20.5. The Morgan fingerprint density at radius 2 is 1.52 bits per heavy atom. The quantitative estimate of drug-likeness (QED) is 0.225. The number of nitrogens with zero attached hydrogens (tertiary/aromatic N) is 4. The molecule has 12 nitrogen and oxygen atoms in total. The summed E-state index contributed by atoms with van der Waals surface area (Å²) in [6.45, 7) is 14.5. The maximum Gasteiger partial charge on any atom is 0.254 e.